The monoisotopic (exact) mass is 293 g/mol. The molecule has 0 spiro atoms. The largest absolute Gasteiger partial charge is 0.409 e. The fraction of sp³-hybridized carbons (Fsp3) is 0.643. The van der Waals surface area contributed by atoms with Crippen LogP contribution in [0.3, 0.4) is 0 Å². The van der Waals surface area contributed by atoms with Crippen molar-refractivity contribution in [1.29, 1.82) is 0 Å². The molecule has 1 saturated carbocycles. The lowest BCUT2D eigenvalue weighted by atomic mass is 9.76. The number of nitrogens with one attached hydrogen (secondary N) is 1. The van der Waals surface area contributed by atoms with E-state index < -0.39 is 5.54 Å². The van der Waals surface area contributed by atoms with Crippen LogP contribution in [0.1, 0.15) is 48.7 Å². The summed E-state index contributed by atoms with van der Waals surface area (Å²) in [6.07, 6.45) is 4.76. The highest BCUT2D eigenvalue weighted by Gasteiger charge is 2.40. The first kappa shape index (κ1) is 15.3. The third kappa shape index (κ3) is 2.86. The summed E-state index contributed by atoms with van der Waals surface area (Å²) in [5, 5.41) is 19.2. The number of nitrogens with two attached hydrogens (primary N) is 1. The van der Waals surface area contributed by atoms with Crippen LogP contribution in [-0.4, -0.2) is 32.3 Å². The van der Waals surface area contributed by atoms with Gasteiger partial charge < -0.3 is 16.3 Å². The van der Waals surface area contributed by atoms with Gasteiger partial charge in [-0.05, 0) is 38.5 Å². The molecule has 1 amide bonds. The van der Waals surface area contributed by atoms with Gasteiger partial charge in [-0.25, -0.2) is 0 Å². The van der Waals surface area contributed by atoms with Crippen LogP contribution in [0.15, 0.2) is 11.4 Å². The van der Waals surface area contributed by atoms with Crippen molar-refractivity contribution < 1.29 is 10.0 Å². The number of nitrogens with zero attached hydrogens (tertiary/aromatic N) is 3. The van der Waals surface area contributed by atoms with E-state index in [9.17, 15) is 4.79 Å². The summed E-state index contributed by atoms with van der Waals surface area (Å²) in [4.78, 5) is 12.5. The SMILES string of the molecule is Cc1c(C(=O)NC2(/C(N)=N/O)CCC(C)CC2)cnn1C. The smallest absolute Gasteiger partial charge is 0.255 e. The minimum Gasteiger partial charge on any atom is -0.409 e. The van der Waals surface area contributed by atoms with Gasteiger partial charge in [0.1, 0.15) is 5.54 Å². The van der Waals surface area contributed by atoms with Crippen molar-refractivity contribution in [3.05, 3.63) is 17.5 Å². The molecule has 21 heavy (non-hydrogen) atoms. The third-order valence-corrected chi connectivity index (χ3v) is 4.56. The number of aryl methyl sites for hydroxylation is 1. The molecule has 0 bridgehead atoms. The van der Waals surface area contributed by atoms with E-state index in [1.54, 1.807) is 11.7 Å². The van der Waals surface area contributed by atoms with Gasteiger partial charge in [-0.1, -0.05) is 12.1 Å². The van der Waals surface area contributed by atoms with Crippen LogP contribution >= 0.6 is 0 Å². The Labute approximate surface area is 124 Å². The van der Waals surface area contributed by atoms with Crippen molar-refractivity contribution in [1.82, 2.24) is 15.1 Å². The van der Waals surface area contributed by atoms with Crippen LogP contribution in [0.4, 0.5) is 0 Å². The lowest BCUT2D eigenvalue weighted by Gasteiger charge is -2.38. The zero-order chi connectivity index (χ0) is 15.6. The van der Waals surface area contributed by atoms with Gasteiger partial charge in [-0.3, -0.25) is 9.48 Å². The zero-order valence-corrected chi connectivity index (χ0v) is 12.8. The summed E-state index contributed by atoms with van der Waals surface area (Å²) in [5.74, 6) is 0.424. The second kappa shape index (κ2) is 5.75. The quantitative estimate of drug-likeness (QED) is 0.336. The first-order valence-corrected chi connectivity index (χ1v) is 7.19. The molecule has 116 valence electrons. The van der Waals surface area contributed by atoms with E-state index in [-0.39, 0.29) is 11.7 Å². The van der Waals surface area contributed by atoms with Gasteiger partial charge in [0.2, 0.25) is 0 Å². The Hall–Kier alpha value is -2.05. The Morgan fingerprint density at radius 2 is 2.19 bits per heavy atom. The molecule has 7 nitrogen and oxygen atoms in total. The van der Waals surface area contributed by atoms with E-state index >= 15 is 0 Å². The number of rotatable bonds is 3. The molecule has 0 unspecified atom stereocenters. The van der Waals surface area contributed by atoms with Gasteiger partial charge in [0.05, 0.1) is 11.8 Å². The van der Waals surface area contributed by atoms with Crippen LogP contribution < -0.4 is 11.1 Å². The molecule has 1 aliphatic carbocycles. The maximum Gasteiger partial charge on any atom is 0.255 e. The Morgan fingerprint density at radius 3 is 2.67 bits per heavy atom. The number of carbonyl (C=O) groups excluding carboxylic acids is 1. The van der Waals surface area contributed by atoms with Crippen LogP contribution in [0.25, 0.3) is 0 Å². The first-order chi connectivity index (χ1) is 9.89. The predicted molar refractivity (Wildman–Crippen MR) is 79.2 cm³/mol. The van der Waals surface area contributed by atoms with E-state index in [1.165, 1.54) is 6.20 Å². The number of oxime groups is 1. The topological polar surface area (TPSA) is 106 Å². The van der Waals surface area contributed by atoms with Crippen molar-refractivity contribution >= 4 is 11.7 Å². The molecular weight excluding hydrogens is 270 g/mol. The molecular formula is C14H23N5O2. The zero-order valence-electron chi connectivity index (χ0n) is 12.8. The summed E-state index contributed by atoms with van der Waals surface area (Å²) < 4.78 is 1.65. The summed E-state index contributed by atoms with van der Waals surface area (Å²) in [5.41, 5.74) is 6.40. The maximum atomic E-state index is 12.5. The van der Waals surface area contributed by atoms with Gasteiger partial charge in [0.15, 0.2) is 5.84 Å². The lowest BCUT2D eigenvalue weighted by Crippen LogP contribution is -2.59. The van der Waals surface area contributed by atoms with E-state index in [4.69, 9.17) is 10.9 Å². The van der Waals surface area contributed by atoms with Crippen molar-refractivity contribution in [3.8, 4) is 0 Å². The van der Waals surface area contributed by atoms with Crippen LogP contribution in [-0.2, 0) is 7.05 Å². The molecule has 1 heterocycles. The predicted octanol–water partition coefficient (Wildman–Crippen LogP) is 1.15. The molecule has 1 fully saturated rings. The number of amides is 1. The van der Waals surface area contributed by atoms with Crippen molar-refractivity contribution in [2.75, 3.05) is 0 Å². The molecule has 0 saturated heterocycles. The summed E-state index contributed by atoms with van der Waals surface area (Å²) in [6.45, 7) is 4.00. The van der Waals surface area contributed by atoms with E-state index in [0.29, 0.717) is 24.3 Å². The van der Waals surface area contributed by atoms with Gasteiger partial charge in [-0.15, -0.1) is 0 Å². The normalized spacial score (nSPS) is 26.6. The molecule has 0 aliphatic heterocycles. The van der Waals surface area contributed by atoms with E-state index in [2.05, 4.69) is 22.5 Å². The summed E-state index contributed by atoms with van der Waals surface area (Å²) in [6, 6.07) is 0. The molecule has 1 aliphatic rings. The number of hydrogen-bond donors (Lipinski definition) is 3. The third-order valence-electron chi connectivity index (χ3n) is 4.56. The second-order valence-electron chi connectivity index (χ2n) is 5.97. The van der Waals surface area contributed by atoms with Crippen LogP contribution in [0, 0.1) is 12.8 Å². The van der Waals surface area contributed by atoms with Gasteiger partial charge in [0, 0.05) is 12.7 Å². The average molecular weight is 293 g/mol. The van der Waals surface area contributed by atoms with Crippen molar-refractivity contribution in [2.45, 2.75) is 45.1 Å². The highest BCUT2D eigenvalue weighted by Crippen LogP contribution is 2.32. The fourth-order valence-corrected chi connectivity index (χ4v) is 2.80. The first-order valence-electron chi connectivity index (χ1n) is 7.19. The van der Waals surface area contributed by atoms with Crippen molar-refractivity contribution in [3.63, 3.8) is 0 Å². The van der Waals surface area contributed by atoms with E-state index in [1.807, 2.05) is 6.92 Å². The van der Waals surface area contributed by atoms with Crippen molar-refractivity contribution in [2.24, 2.45) is 23.9 Å². The average Bonchev–Trinajstić information content (AvgIpc) is 2.81. The molecule has 0 atom stereocenters. The molecule has 4 N–H and O–H groups in total. The minimum absolute atomic E-state index is 0.0734. The standard InChI is InChI=1S/C14H23N5O2/c1-9-4-6-14(7-5-9,13(15)18-21)17-12(20)11-8-16-19(3)10(11)2/h8-9,21H,4-7H2,1-3H3,(H2,15,18)(H,17,20). The molecule has 0 radical (unpaired) electrons. The highest BCUT2D eigenvalue weighted by atomic mass is 16.4. The van der Waals surface area contributed by atoms with E-state index in [0.717, 1.165) is 18.5 Å². The molecule has 0 aromatic carbocycles. The fourth-order valence-electron chi connectivity index (χ4n) is 2.80. The number of carbonyl (C=O) groups is 1. The summed E-state index contributed by atoms with van der Waals surface area (Å²) in [7, 11) is 1.79. The number of amidine groups is 1. The summed E-state index contributed by atoms with van der Waals surface area (Å²) >= 11 is 0. The van der Waals surface area contributed by atoms with Gasteiger partial charge in [0.25, 0.3) is 5.91 Å². The Kier molecular flexibility index (Phi) is 4.20. The van der Waals surface area contributed by atoms with Gasteiger partial charge in [-0.2, -0.15) is 5.10 Å². The maximum absolute atomic E-state index is 12.5. The Bertz CT molecular complexity index is 556. The Balaban J connectivity index is 2.24. The molecule has 1 aromatic rings. The molecule has 2 rings (SSSR count). The highest BCUT2D eigenvalue weighted by molar-refractivity contribution is 6.00. The van der Waals surface area contributed by atoms with Crippen LogP contribution in [0.2, 0.25) is 0 Å². The Morgan fingerprint density at radius 1 is 1.57 bits per heavy atom. The number of hydrogen-bond acceptors (Lipinski definition) is 4. The second-order valence-corrected chi connectivity index (χ2v) is 5.97. The van der Waals surface area contributed by atoms with Crippen LogP contribution in [0.5, 0.6) is 0 Å². The molecule has 1 aromatic heterocycles. The lowest BCUT2D eigenvalue weighted by molar-refractivity contribution is 0.0896. The minimum atomic E-state index is -0.763. The number of aromatic nitrogens is 2. The molecule has 7 heteroatoms. The van der Waals surface area contributed by atoms with Gasteiger partial charge >= 0.3 is 0 Å².